The van der Waals surface area contributed by atoms with Gasteiger partial charge in [0.25, 0.3) is 0 Å². The lowest BCUT2D eigenvalue weighted by molar-refractivity contribution is -0.137. The Morgan fingerprint density at radius 2 is 1.77 bits per heavy atom. The van der Waals surface area contributed by atoms with Crippen LogP contribution in [0.25, 0.3) is 0 Å². The van der Waals surface area contributed by atoms with Crippen molar-refractivity contribution >= 4 is 41.4 Å². The first kappa shape index (κ1) is 26.8. The summed E-state index contributed by atoms with van der Waals surface area (Å²) in [6.07, 6.45) is -1.46. The van der Waals surface area contributed by atoms with Crippen LogP contribution in [-0.2, 0) is 9.53 Å². The van der Waals surface area contributed by atoms with Crippen LogP contribution in [0.5, 0.6) is 5.75 Å². The van der Waals surface area contributed by atoms with Gasteiger partial charge >= 0.3 is 18.2 Å². The van der Waals surface area contributed by atoms with E-state index in [1.165, 1.54) is 4.90 Å². The van der Waals surface area contributed by atoms with Crippen LogP contribution in [0.2, 0.25) is 0 Å². The molecule has 1 rings (SSSR count). The van der Waals surface area contributed by atoms with Crippen LogP contribution in [0.15, 0.2) is 18.2 Å². The molecule has 2 amide bonds. The van der Waals surface area contributed by atoms with E-state index in [1.54, 1.807) is 39.0 Å². The molecule has 1 atom stereocenters. The second-order valence-corrected chi connectivity index (χ2v) is 8.68. The number of aliphatic carboxylic acids is 1. The van der Waals surface area contributed by atoms with Gasteiger partial charge in [-0.05, 0) is 51.0 Å². The number of alkyl carbamates (subject to hydrolysis) is 1. The van der Waals surface area contributed by atoms with E-state index in [0.29, 0.717) is 5.56 Å². The minimum absolute atomic E-state index is 0.0457. The molecule has 174 valence electrons. The third kappa shape index (κ3) is 10.1. The second-order valence-electron chi connectivity index (χ2n) is 7.93. The van der Waals surface area contributed by atoms with Crippen molar-refractivity contribution in [3.05, 3.63) is 29.3 Å². The summed E-state index contributed by atoms with van der Waals surface area (Å²) in [6.45, 7) is 7.64. The monoisotopic (exact) mass is 476 g/mol. The summed E-state index contributed by atoms with van der Waals surface area (Å²) in [5, 5.41) is 11.9. The zero-order valence-corrected chi connectivity index (χ0v) is 19.8. The average Bonchev–Trinajstić information content (AvgIpc) is 2.65. The number of alkyl halides is 2. The molecule has 31 heavy (non-hydrogen) atoms. The highest BCUT2D eigenvalue weighted by Gasteiger charge is 2.23. The van der Waals surface area contributed by atoms with Crippen molar-refractivity contribution in [1.29, 1.82) is 0 Å². The highest BCUT2D eigenvalue weighted by molar-refractivity contribution is 6.18. The number of ether oxygens (including phenoxy) is 2. The van der Waals surface area contributed by atoms with Gasteiger partial charge in [-0.2, -0.15) is 0 Å². The highest BCUT2D eigenvalue weighted by atomic mass is 35.5. The molecule has 1 aromatic rings. The van der Waals surface area contributed by atoms with Crippen molar-refractivity contribution in [1.82, 2.24) is 10.2 Å². The Kier molecular flexibility index (Phi) is 10.9. The first-order valence-corrected chi connectivity index (χ1v) is 10.9. The van der Waals surface area contributed by atoms with Crippen LogP contribution in [0.1, 0.15) is 44.2 Å². The van der Waals surface area contributed by atoms with Gasteiger partial charge in [0.2, 0.25) is 0 Å². The average molecular weight is 477 g/mol. The molecule has 0 heterocycles. The summed E-state index contributed by atoms with van der Waals surface area (Å²) in [4.78, 5) is 37.2. The van der Waals surface area contributed by atoms with E-state index in [0.717, 1.165) is 5.56 Å². The number of rotatable bonds is 10. The third-order valence-corrected chi connectivity index (χ3v) is 4.51. The number of benzene rings is 1. The van der Waals surface area contributed by atoms with Crippen molar-refractivity contribution in [2.45, 2.75) is 45.6 Å². The lowest BCUT2D eigenvalue weighted by Crippen LogP contribution is -2.36. The van der Waals surface area contributed by atoms with Crippen LogP contribution in [-0.4, -0.2) is 65.2 Å². The van der Waals surface area contributed by atoms with Gasteiger partial charge in [-0.1, -0.05) is 6.07 Å². The van der Waals surface area contributed by atoms with Crippen molar-refractivity contribution in [2.75, 3.05) is 31.4 Å². The number of hydrogen-bond acceptors (Lipinski definition) is 5. The fourth-order valence-electron chi connectivity index (χ4n) is 2.81. The third-order valence-electron chi connectivity index (χ3n) is 4.18. The molecule has 0 fully saturated rings. The molecule has 0 aliphatic heterocycles. The van der Waals surface area contributed by atoms with E-state index < -0.39 is 29.7 Å². The molecule has 2 N–H and O–H groups in total. The minimum atomic E-state index is -1.02. The first-order valence-electron chi connectivity index (χ1n) is 9.84. The number of hydrogen-bond donors (Lipinski definition) is 2. The van der Waals surface area contributed by atoms with Crippen molar-refractivity contribution in [3.63, 3.8) is 0 Å². The Bertz CT molecular complexity index is 761. The fraction of sp³-hybridized carbons (Fsp3) is 0.571. The lowest BCUT2D eigenvalue weighted by Gasteiger charge is -2.23. The van der Waals surface area contributed by atoms with Gasteiger partial charge in [0.1, 0.15) is 11.4 Å². The summed E-state index contributed by atoms with van der Waals surface area (Å²) in [5.74, 6) is -0.837. The number of carboxylic acids is 1. The molecule has 0 aliphatic rings. The number of carbonyl (C=O) groups is 3. The molecule has 10 heteroatoms. The van der Waals surface area contributed by atoms with Gasteiger partial charge in [0, 0.05) is 37.3 Å². The summed E-state index contributed by atoms with van der Waals surface area (Å²) in [5.41, 5.74) is 0.773. The summed E-state index contributed by atoms with van der Waals surface area (Å²) in [7, 11) is 0. The van der Waals surface area contributed by atoms with Crippen LogP contribution in [0, 0.1) is 6.92 Å². The van der Waals surface area contributed by atoms with Crippen LogP contribution in [0.3, 0.4) is 0 Å². The molecule has 0 spiro atoms. The topological polar surface area (TPSA) is 105 Å². The summed E-state index contributed by atoms with van der Waals surface area (Å²) >= 11 is 11.4. The second kappa shape index (κ2) is 12.6. The quantitative estimate of drug-likeness (QED) is 0.486. The fourth-order valence-corrected chi connectivity index (χ4v) is 3.22. The van der Waals surface area contributed by atoms with Crippen molar-refractivity contribution in [2.24, 2.45) is 0 Å². The Balaban J connectivity index is 3.02. The number of carbonyl (C=O) groups excluding carboxylic acids is 2. The van der Waals surface area contributed by atoms with Crippen LogP contribution < -0.4 is 10.1 Å². The van der Waals surface area contributed by atoms with Gasteiger partial charge in [0.15, 0.2) is 0 Å². The smallest absolute Gasteiger partial charge is 0.415 e. The van der Waals surface area contributed by atoms with Crippen LogP contribution >= 0.6 is 23.2 Å². The van der Waals surface area contributed by atoms with E-state index in [9.17, 15) is 19.5 Å². The molecular weight excluding hydrogens is 447 g/mol. The largest absolute Gasteiger partial charge is 0.481 e. The zero-order valence-electron chi connectivity index (χ0n) is 18.2. The number of nitrogens with zero attached hydrogens (tertiary/aromatic N) is 1. The molecule has 0 aliphatic carbocycles. The predicted octanol–water partition coefficient (Wildman–Crippen LogP) is 4.36. The summed E-state index contributed by atoms with van der Waals surface area (Å²) < 4.78 is 10.6. The number of carboxylic acid groups (broad SMARTS) is 1. The maximum atomic E-state index is 12.4. The maximum absolute atomic E-state index is 12.4. The van der Waals surface area contributed by atoms with Gasteiger partial charge < -0.3 is 24.8 Å². The molecule has 1 unspecified atom stereocenters. The molecule has 0 aromatic heterocycles. The Morgan fingerprint density at radius 3 is 2.29 bits per heavy atom. The van der Waals surface area contributed by atoms with Gasteiger partial charge in [-0.3, -0.25) is 4.79 Å². The van der Waals surface area contributed by atoms with Crippen LogP contribution in [0.4, 0.5) is 9.59 Å². The van der Waals surface area contributed by atoms with E-state index >= 15 is 0 Å². The molecule has 0 bridgehead atoms. The number of amides is 2. The number of halogens is 2. The van der Waals surface area contributed by atoms with E-state index in [2.05, 4.69) is 5.32 Å². The predicted molar refractivity (Wildman–Crippen MR) is 119 cm³/mol. The zero-order chi connectivity index (χ0) is 23.6. The number of aryl methyl sites for hydroxylation is 1. The SMILES string of the molecule is Cc1ccc(OC(=O)N(CCCl)CCCl)cc1C(CNC(=O)OC(C)(C)C)CC(=O)O. The van der Waals surface area contributed by atoms with Gasteiger partial charge in [-0.25, -0.2) is 9.59 Å². The Labute approximate surface area is 192 Å². The standard InChI is InChI=1S/C21H30Cl2N2O6/c1-14-5-6-16(30-20(29)25(9-7-22)10-8-23)12-17(14)15(11-18(26)27)13-24-19(28)31-21(2,3)4/h5-6,12,15H,7-11,13H2,1-4H3,(H,24,28)(H,26,27). The van der Waals surface area contributed by atoms with E-state index in [4.69, 9.17) is 32.7 Å². The molecule has 8 nitrogen and oxygen atoms in total. The normalized spacial score (nSPS) is 12.1. The highest BCUT2D eigenvalue weighted by Crippen LogP contribution is 2.27. The lowest BCUT2D eigenvalue weighted by atomic mass is 9.91. The van der Waals surface area contributed by atoms with Gasteiger partial charge in [0.05, 0.1) is 6.42 Å². The van der Waals surface area contributed by atoms with E-state index in [-0.39, 0.29) is 43.6 Å². The van der Waals surface area contributed by atoms with E-state index in [1.807, 2.05) is 6.92 Å². The maximum Gasteiger partial charge on any atom is 0.415 e. The minimum Gasteiger partial charge on any atom is -0.481 e. The van der Waals surface area contributed by atoms with Crippen molar-refractivity contribution < 1.29 is 29.0 Å². The van der Waals surface area contributed by atoms with Gasteiger partial charge in [-0.15, -0.1) is 23.2 Å². The number of nitrogens with one attached hydrogen (secondary N) is 1. The van der Waals surface area contributed by atoms with Crippen molar-refractivity contribution in [3.8, 4) is 5.75 Å². The molecule has 0 saturated carbocycles. The summed E-state index contributed by atoms with van der Waals surface area (Å²) in [6, 6.07) is 4.96. The molecular formula is C21H30Cl2N2O6. The Morgan fingerprint density at radius 1 is 1.16 bits per heavy atom. The molecule has 0 radical (unpaired) electrons. The first-order chi connectivity index (χ1) is 14.5. The molecule has 0 saturated heterocycles. The molecule has 1 aromatic carbocycles. The Hall–Kier alpha value is -2.19.